The van der Waals surface area contributed by atoms with Crippen molar-refractivity contribution in [3.63, 3.8) is 0 Å². The van der Waals surface area contributed by atoms with Crippen molar-refractivity contribution in [3.8, 4) is 34.1 Å². The summed E-state index contributed by atoms with van der Waals surface area (Å²) >= 11 is 0. The molecule has 0 radical (unpaired) electrons. The van der Waals surface area contributed by atoms with Crippen molar-refractivity contribution in [2.45, 2.75) is 65.6 Å². The van der Waals surface area contributed by atoms with Crippen molar-refractivity contribution in [1.82, 2.24) is 14.5 Å². The average Bonchev–Trinajstić information content (AvgIpc) is 3.59. The van der Waals surface area contributed by atoms with Gasteiger partial charge in [0.2, 0.25) is 6.79 Å². The normalized spacial score (nSPS) is 13.3. The lowest BCUT2D eigenvalue weighted by Crippen LogP contribution is -2.30. The minimum atomic E-state index is 0.170. The first-order valence-corrected chi connectivity index (χ1v) is 14.0. The summed E-state index contributed by atoms with van der Waals surface area (Å²) in [7, 11) is 0. The summed E-state index contributed by atoms with van der Waals surface area (Å²) < 4.78 is 13.7. The SMILES string of the molecule is CCCCN(Cc1ccc2c(c1)OCO2)[C@@H](C)c1c(-c2ccccc2)nc(-c2ccccc2)n1CCCC. The summed E-state index contributed by atoms with van der Waals surface area (Å²) in [5, 5.41) is 0. The molecule has 38 heavy (non-hydrogen) atoms. The fourth-order valence-electron chi connectivity index (χ4n) is 5.27. The Morgan fingerprint density at radius 1 is 0.842 bits per heavy atom. The van der Waals surface area contributed by atoms with Crippen LogP contribution >= 0.6 is 0 Å². The highest BCUT2D eigenvalue weighted by Gasteiger charge is 2.27. The van der Waals surface area contributed by atoms with E-state index in [4.69, 9.17) is 14.5 Å². The molecule has 0 unspecified atom stereocenters. The number of aromatic nitrogens is 2. The molecule has 198 valence electrons. The Morgan fingerprint density at radius 2 is 1.53 bits per heavy atom. The van der Waals surface area contributed by atoms with Gasteiger partial charge >= 0.3 is 0 Å². The summed E-state index contributed by atoms with van der Waals surface area (Å²) in [5.41, 5.74) is 5.94. The van der Waals surface area contributed by atoms with Gasteiger partial charge in [0.25, 0.3) is 0 Å². The van der Waals surface area contributed by atoms with Crippen LogP contribution in [0.5, 0.6) is 11.5 Å². The number of hydrogen-bond acceptors (Lipinski definition) is 4. The molecule has 0 N–H and O–H groups in total. The minimum Gasteiger partial charge on any atom is -0.454 e. The van der Waals surface area contributed by atoms with E-state index in [1.807, 2.05) is 6.07 Å². The topological polar surface area (TPSA) is 39.5 Å². The van der Waals surface area contributed by atoms with E-state index in [1.54, 1.807) is 0 Å². The van der Waals surface area contributed by atoms with Crippen LogP contribution < -0.4 is 9.47 Å². The standard InChI is InChI=1S/C33H39N3O2/c1-4-6-20-35(23-26-18-19-29-30(22-26)38-24-37-29)25(3)32-31(27-14-10-8-11-15-27)34-33(36(32)21-7-5-2)28-16-12-9-13-17-28/h8-19,22,25H,4-7,20-21,23-24H2,1-3H3/t25-/m0/s1. The molecular weight excluding hydrogens is 470 g/mol. The number of imidazole rings is 1. The van der Waals surface area contributed by atoms with Gasteiger partial charge in [-0.25, -0.2) is 4.98 Å². The van der Waals surface area contributed by atoms with Crippen LogP contribution in [0.3, 0.4) is 0 Å². The summed E-state index contributed by atoms with van der Waals surface area (Å²) in [6.07, 6.45) is 4.55. The van der Waals surface area contributed by atoms with Gasteiger partial charge in [0.1, 0.15) is 5.82 Å². The molecule has 0 saturated heterocycles. The number of unbranched alkanes of at least 4 members (excludes halogenated alkanes) is 2. The van der Waals surface area contributed by atoms with Crippen molar-refractivity contribution in [2.24, 2.45) is 0 Å². The summed E-state index contributed by atoms with van der Waals surface area (Å²) in [6.45, 7) is 9.97. The molecule has 5 nitrogen and oxygen atoms in total. The van der Waals surface area contributed by atoms with Crippen molar-refractivity contribution in [3.05, 3.63) is 90.1 Å². The predicted octanol–water partition coefficient (Wildman–Crippen LogP) is 8.11. The molecule has 2 heterocycles. The van der Waals surface area contributed by atoms with Crippen LogP contribution in [0, 0.1) is 0 Å². The average molecular weight is 510 g/mol. The maximum Gasteiger partial charge on any atom is 0.231 e. The van der Waals surface area contributed by atoms with E-state index in [9.17, 15) is 0 Å². The summed E-state index contributed by atoms with van der Waals surface area (Å²) in [5.74, 6) is 2.73. The molecule has 1 aliphatic rings. The molecule has 0 saturated carbocycles. The van der Waals surface area contributed by atoms with E-state index in [0.717, 1.165) is 73.9 Å². The zero-order valence-corrected chi connectivity index (χ0v) is 22.9. The lowest BCUT2D eigenvalue weighted by molar-refractivity contribution is 0.173. The Labute approximate surface area is 227 Å². The quantitative estimate of drug-likeness (QED) is 0.193. The lowest BCUT2D eigenvalue weighted by Gasteiger charge is -2.31. The second-order valence-electron chi connectivity index (χ2n) is 10.1. The third-order valence-corrected chi connectivity index (χ3v) is 7.39. The van der Waals surface area contributed by atoms with Crippen LogP contribution in [0.1, 0.15) is 63.8 Å². The van der Waals surface area contributed by atoms with Gasteiger partial charge in [0, 0.05) is 30.3 Å². The van der Waals surface area contributed by atoms with E-state index >= 15 is 0 Å². The first-order chi connectivity index (χ1) is 18.7. The van der Waals surface area contributed by atoms with Gasteiger partial charge in [-0.05, 0) is 44.0 Å². The van der Waals surface area contributed by atoms with Crippen LogP contribution in [0.2, 0.25) is 0 Å². The predicted molar refractivity (Wildman–Crippen MR) is 154 cm³/mol. The second-order valence-corrected chi connectivity index (χ2v) is 10.1. The highest BCUT2D eigenvalue weighted by Crippen LogP contribution is 2.38. The Balaban J connectivity index is 1.60. The van der Waals surface area contributed by atoms with Crippen molar-refractivity contribution in [2.75, 3.05) is 13.3 Å². The molecular formula is C33H39N3O2. The van der Waals surface area contributed by atoms with Gasteiger partial charge in [-0.15, -0.1) is 0 Å². The van der Waals surface area contributed by atoms with Gasteiger partial charge in [-0.1, -0.05) is 93.4 Å². The largest absolute Gasteiger partial charge is 0.454 e. The van der Waals surface area contributed by atoms with Crippen LogP contribution in [-0.4, -0.2) is 27.8 Å². The van der Waals surface area contributed by atoms with E-state index in [-0.39, 0.29) is 6.04 Å². The van der Waals surface area contributed by atoms with Gasteiger partial charge in [0.15, 0.2) is 11.5 Å². The molecule has 0 amide bonds. The third-order valence-electron chi connectivity index (χ3n) is 7.39. The molecule has 3 aromatic carbocycles. The molecule has 5 heteroatoms. The van der Waals surface area contributed by atoms with Crippen molar-refractivity contribution < 1.29 is 9.47 Å². The first kappa shape index (κ1) is 26.1. The van der Waals surface area contributed by atoms with E-state index < -0.39 is 0 Å². The summed E-state index contributed by atoms with van der Waals surface area (Å²) in [6, 6.07) is 27.8. The smallest absolute Gasteiger partial charge is 0.231 e. The Hall–Kier alpha value is -3.57. The highest BCUT2D eigenvalue weighted by molar-refractivity contribution is 5.69. The number of hydrogen-bond donors (Lipinski definition) is 0. The Kier molecular flexibility index (Phi) is 8.44. The monoisotopic (exact) mass is 509 g/mol. The molecule has 5 rings (SSSR count). The zero-order chi connectivity index (χ0) is 26.3. The van der Waals surface area contributed by atoms with E-state index in [0.29, 0.717) is 6.79 Å². The molecule has 1 atom stereocenters. The fourth-order valence-corrected chi connectivity index (χ4v) is 5.27. The second kappa shape index (κ2) is 12.3. The van der Waals surface area contributed by atoms with Crippen LogP contribution in [0.4, 0.5) is 0 Å². The third kappa shape index (κ3) is 5.63. The van der Waals surface area contributed by atoms with E-state index in [1.165, 1.54) is 16.8 Å². The number of benzene rings is 3. The minimum absolute atomic E-state index is 0.170. The molecule has 0 fully saturated rings. The van der Waals surface area contributed by atoms with Crippen LogP contribution in [-0.2, 0) is 13.1 Å². The summed E-state index contributed by atoms with van der Waals surface area (Å²) in [4.78, 5) is 7.94. The van der Waals surface area contributed by atoms with Gasteiger partial charge in [0.05, 0.1) is 11.4 Å². The van der Waals surface area contributed by atoms with E-state index in [2.05, 4.69) is 103 Å². The Morgan fingerprint density at radius 3 is 2.24 bits per heavy atom. The molecule has 4 aromatic rings. The number of fused-ring (bicyclic) bond motifs is 1. The number of rotatable bonds is 12. The Bertz CT molecular complexity index is 1320. The van der Waals surface area contributed by atoms with Crippen LogP contribution in [0.15, 0.2) is 78.9 Å². The zero-order valence-electron chi connectivity index (χ0n) is 22.9. The number of ether oxygens (including phenoxy) is 2. The lowest BCUT2D eigenvalue weighted by atomic mass is 10.0. The molecule has 0 bridgehead atoms. The highest BCUT2D eigenvalue weighted by atomic mass is 16.7. The van der Waals surface area contributed by atoms with Crippen molar-refractivity contribution in [1.29, 1.82) is 0 Å². The fraction of sp³-hybridized carbons (Fsp3) is 0.364. The van der Waals surface area contributed by atoms with Crippen LogP contribution in [0.25, 0.3) is 22.6 Å². The first-order valence-electron chi connectivity index (χ1n) is 14.0. The molecule has 0 spiro atoms. The maximum absolute atomic E-state index is 5.68. The van der Waals surface area contributed by atoms with Gasteiger partial charge in [-0.2, -0.15) is 0 Å². The maximum atomic E-state index is 5.68. The van der Waals surface area contributed by atoms with Gasteiger partial charge in [-0.3, -0.25) is 4.90 Å². The molecule has 0 aliphatic carbocycles. The molecule has 1 aromatic heterocycles. The van der Waals surface area contributed by atoms with Gasteiger partial charge < -0.3 is 14.0 Å². The number of nitrogens with zero attached hydrogens (tertiary/aromatic N) is 3. The van der Waals surface area contributed by atoms with Crippen molar-refractivity contribution >= 4 is 0 Å². The molecule has 1 aliphatic heterocycles.